The Balaban J connectivity index is 1.59. The molecule has 3 aromatic rings. The molecule has 0 atom stereocenters. The van der Waals surface area contributed by atoms with Crippen LogP contribution >= 0.6 is 0 Å². The van der Waals surface area contributed by atoms with Gasteiger partial charge in [0.2, 0.25) is 0 Å². The molecule has 0 aliphatic rings. The number of nitrogens with zero attached hydrogens (tertiary/aromatic N) is 2. The standard InChI is InChI=1S/C24H20N2/c1-3-10-21(11-4-1)14-8-18-25-23-16-7-17-24(20-23)26-19-9-15-22-12-5-2-6-13-22/h1-20H/b14-8+,15-9?,25-18?,26-19?. The van der Waals surface area contributed by atoms with E-state index in [1.807, 2.05) is 85.0 Å². The molecule has 0 amide bonds. The maximum Gasteiger partial charge on any atom is 0.0651 e. The van der Waals surface area contributed by atoms with Crippen molar-refractivity contribution >= 4 is 36.0 Å². The Hall–Kier alpha value is -3.52. The van der Waals surface area contributed by atoms with Gasteiger partial charge in [-0.1, -0.05) is 78.9 Å². The lowest BCUT2D eigenvalue weighted by Gasteiger charge is -1.95. The van der Waals surface area contributed by atoms with Crippen molar-refractivity contribution in [3.8, 4) is 0 Å². The number of allylic oxidation sites excluding steroid dienone is 2. The highest BCUT2D eigenvalue weighted by Crippen LogP contribution is 2.19. The smallest absolute Gasteiger partial charge is 0.0651 e. The summed E-state index contributed by atoms with van der Waals surface area (Å²) in [6.07, 6.45) is 11.5. The molecule has 0 aliphatic carbocycles. The Bertz CT molecular complexity index is 846. The van der Waals surface area contributed by atoms with Crippen LogP contribution < -0.4 is 0 Å². The van der Waals surface area contributed by atoms with Crippen LogP contribution in [-0.2, 0) is 0 Å². The fraction of sp³-hybridized carbons (Fsp3) is 0. The third-order valence-corrected chi connectivity index (χ3v) is 3.63. The van der Waals surface area contributed by atoms with E-state index in [0.717, 1.165) is 22.5 Å². The summed E-state index contributed by atoms with van der Waals surface area (Å²) in [5.74, 6) is 0. The van der Waals surface area contributed by atoms with Crippen LogP contribution in [0.5, 0.6) is 0 Å². The van der Waals surface area contributed by atoms with Gasteiger partial charge in [0.1, 0.15) is 0 Å². The van der Waals surface area contributed by atoms with Crippen LogP contribution in [0, 0.1) is 0 Å². The van der Waals surface area contributed by atoms with Gasteiger partial charge in [0.25, 0.3) is 0 Å². The van der Waals surface area contributed by atoms with E-state index in [1.165, 1.54) is 0 Å². The molecular weight excluding hydrogens is 316 g/mol. The highest BCUT2D eigenvalue weighted by molar-refractivity contribution is 5.82. The predicted molar refractivity (Wildman–Crippen MR) is 114 cm³/mol. The second-order valence-electron chi connectivity index (χ2n) is 5.62. The summed E-state index contributed by atoms with van der Waals surface area (Å²) >= 11 is 0. The second-order valence-corrected chi connectivity index (χ2v) is 5.62. The van der Waals surface area contributed by atoms with Gasteiger partial charge in [-0.25, -0.2) is 0 Å². The maximum absolute atomic E-state index is 4.45. The highest BCUT2D eigenvalue weighted by atomic mass is 14.7. The molecule has 3 aromatic carbocycles. The minimum Gasteiger partial charge on any atom is -0.257 e. The fourth-order valence-corrected chi connectivity index (χ4v) is 2.35. The minimum absolute atomic E-state index is 0.879. The molecule has 0 aromatic heterocycles. The van der Waals surface area contributed by atoms with Gasteiger partial charge >= 0.3 is 0 Å². The minimum atomic E-state index is 0.879. The largest absolute Gasteiger partial charge is 0.257 e. The van der Waals surface area contributed by atoms with Crippen molar-refractivity contribution in [2.75, 3.05) is 0 Å². The van der Waals surface area contributed by atoms with Gasteiger partial charge in [-0.3, -0.25) is 9.98 Å². The van der Waals surface area contributed by atoms with Crippen LogP contribution in [0.4, 0.5) is 11.4 Å². The Labute approximate surface area is 154 Å². The van der Waals surface area contributed by atoms with E-state index in [-0.39, 0.29) is 0 Å². The average Bonchev–Trinajstić information content (AvgIpc) is 2.71. The van der Waals surface area contributed by atoms with Crippen molar-refractivity contribution in [1.82, 2.24) is 0 Å². The van der Waals surface area contributed by atoms with Crippen molar-refractivity contribution in [1.29, 1.82) is 0 Å². The molecule has 0 radical (unpaired) electrons. The zero-order chi connectivity index (χ0) is 17.9. The van der Waals surface area contributed by atoms with Gasteiger partial charge < -0.3 is 0 Å². The van der Waals surface area contributed by atoms with Crippen molar-refractivity contribution < 1.29 is 0 Å². The van der Waals surface area contributed by atoms with E-state index in [0.29, 0.717) is 0 Å². The number of hydrogen-bond donors (Lipinski definition) is 0. The van der Waals surface area contributed by atoms with Gasteiger partial charge in [-0.2, -0.15) is 0 Å². The Morgan fingerprint density at radius 1 is 0.500 bits per heavy atom. The van der Waals surface area contributed by atoms with Crippen LogP contribution in [0.2, 0.25) is 0 Å². The summed E-state index contributed by atoms with van der Waals surface area (Å²) in [5, 5.41) is 0. The Kier molecular flexibility index (Phi) is 6.46. The summed E-state index contributed by atoms with van der Waals surface area (Å²) in [7, 11) is 0. The van der Waals surface area contributed by atoms with Crippen LogP contribution in [0.25, 0.3) is 12.2 Å². The quantitative estimate of drug-likeness (QED) is 0.458. The molecule has 3 rings (SSSR count). The number of rotatable bonds is 6. The summed E-state index contributed by atoms with van der Waals surface area (Å²) in [5.41, 5.74) is 4.07. The molecule has 0 heterocycles. The SMILES string of the molecule is C(=Cc1ccccc1)C=Nc1cccc(N=C/C=C/c2ccccc2)c1. The summed E-state index contributed by atoms with van der Waals surface area (Å²) in [6.45, 7) is 0. The lowest BCUT2D eigenvalue weighted by molar-refractivity contribution is 1.49. The predicted octanol–water partition coefficient (Wildman–Crippen LogP) is 6.52. The van der Waals surface area contributed by atoms with E-state index in [9.17, 15) is 0 Å². The van der Waals surface area contributed by atoms with Gasteiger partial charge in [-0.05, 0) is 41.5 Å². The number of aliphatic imine (C=N–C) groups is 2. The molecule has 0 aliphatic heterocycles. The third kappa shape index (κ3) is 5.84. The van der Waals surface area contributed by atoms with Crippen LogP contribution in [0.3, 0.4) is 0 Å². The normalized spacial score (nSPS) is 12.0. The van der Waals surface area contributed by atoms with Crippen LogP contribution in [0.1, 0.15) is 11.1 Å². The first-order valence-corrected chi connectivity index (χ1v) is 8.52. The van der Waals surface area contributed by atoms with Crippen LogP contribution in [0.15, 0.2) is 107 Å². The summed E-state index contributed by atoms with van der Waals surface area (Å²) in [4.78, 5) is 8.91. The molecule has 0 saturated carbocycles. The van der Waals surface area contributed by atoms with Gasteiger partial charge in [-0.15, -0.1) is 0 Å². The Morgan fingerprint density at radius 3 is 1.42 bits per heavy atom. The second kappa shape index (κ2) is 9.70. The molecule has 0 fully saturated rings. The van der Waals surface area contributed by atoms with Crippen molar-refractivity contribution in [3.63, 3.8) is 0 Å². The van der Waals surface area contributed by atoms with Gasteiger partial charge in [0, 0.05) is 12.4 Å². The topological polar surface area (TPSA) is 24.7 Å². The zero-order valence-corrected chi connectivity index (χ0v) is 14.4. The molecule has 0 bridgehead atoms. The Morgan fingerprint density at radius 2 is 0.962 bits per heavy atom. The zero-order valence-electron chi connectivity index (χ0n) is 14.4. The molecule has 0 N–H and O–H groups in total. The monoisotopic (exact) mass is 336 g/mol. The first-order valence-electron chi connectivity index (χ1n) is 8.52. The molecule has 0 saturated heterocycles. The first kappa shape index (κ1) is 17.3. The van der Waals surface area contributed by atoms with E-state index in [4.69, 9.17) is 0 Å². The van der Waals surface area contributed by atoms with Crippen molar-refractivity contribution in [2.24, 2.45) is 9.98 Å². The maximum atomic E-state index is 4.45. The van der Waals surface area contributed by atoms with E-state index < -0.39 is 0 Å². The lowest BCUT2D eigenvalue weighted by atomic mass is 10.2. The van der Waals surface area contributed by atoms with Gasteiger partial charge in [0.15, 0.2) is 0 Å². The lowest BCUT2D eigenvalue weighted by Crippen LogP contribution is -1.72. The molecule has 26 heavy (non-hydrogen) atoms. The highest BCUT2D eigenvalue weighted by Gasteiger charge is 1.90. The van der Waals surface area contributed by atoms with Gasteiger partial charge in [0.05, 0.1) is 11.4 Å². The number of hydrogen-bond acceptors (Lipinski definition) is 2. The molecule has 2 heteroatoms. The third-order valence-electron chi connectivity index (χ3n) is 3.63. The van der Waals surface area contributed by atoms with Crippen LogP contribution in [-0.4, -0.2) is 12.4 Å². The molecular formula is C24H20N2. The fourth-order valence-electron chi connectivity index (χ4n) is 2.35. The van der Waals surface area contributed by atoms with Crippen molar-refractivity contribution in [2.45, 2.75) is 0 Å². The van der Waals surface area contributed by atoms with Crippen molar-refractivity contribution in [3.05, 3.63) is 108 Å². The molecule has 2 nitrogen and oxygen atoms in total. The molecule has 0 unspecified atom stereocenters. The molecule has 0 spiro atoms. The first-order chi connectivity index (χ1) is 12.9. The van der Waals surface area contributed by atoms with E-state index in [1.54, 1.807) is 12.4 Å². The number of benzene rings is 3. The summed E-state index contributed by atoms with van der Waals surface area (Å²) < 4.78 is 0. The average molecular weight is 336 g/mol. The molecule has 126 valence electrons. The van der Waals surface area contributed by atoms with E-state index in [2.05, 4.69) is 34.3 Å². The van der Waals surface area contributed by atoms with E-state index >= 15 is 0 Å². The summed E-state index contributed by atoms with van der Waals surface area (Å²) in [6, 6.07) is 28.2.